The Bertz CT molecular complexity index is 1140. The van der Waals surface area contributed by atoms with Gasteiger partial charge in [0.2, 0.25) is 17.7 Å². The summed E-state index contributed by atoms with van der Waals surface area (Å²) < 4.78 is 65.8. The molecule has 2 heterocycles. The summed E-state index contributed by atoms with van der Waals surface area (Å²) in [4.78, 5) is 45.9. The molecule has 368 valence electrons. The monoisotopic (exact) mass is 928 g/mol. The number of fused-ring (bicyclic) bond motifs is 1. The highest BCUT2D eigenvalue weighted by molar-refractivity contribution is 8.00. The molecule has 0 saturated carbocycles. The van der Waals surface area contributed by atoms with Gasteiger partial charge in [-0.05, 0) is 12.8 Å². The van der Waals surface area contributed by atoms with E-state index >= 15 is 0 Å². The smallest absolute Gasteiger partial charge is 0.315 e. The summed E-state index contributed by atoms with van der Waals surface area (Å²) >= 11 is 1.90. The molecule has 22 heteroatoms. The normalized spacial score (nSPS) is 16.8. The molecule has 0 aliphatic carbocycles. The average molecular weight is 928 g/mol. The zero-order chi connectivity index (χ0) is 45.1. The van der Waals surface area contributed by atoms with Crippen LogP contribution in [0.25, 0.3) is 0 Å². The number of ether oxygens (including phenoxy) is 12. The number of hydrogen-bond acceptors (Lipinski definition) is 17. The predicted molar refractivity (Wildman–Crippen MR) is 233 cm³/mol. The summed E-state index contributed by atoms with van der Waals surface area (Å²) in [5.41, 5.74) is 0. The van der Waals surface area contributed by atoms with E-state index in [-0.39, 0.29) is 42.3 Å². The van der Waals surface area contributed by atoms with Crippen molar-refractivity contribution in [2.24, 2.45) is 0 Å². The molecule has 5 amide bonds. The largest absolute Gasteiger partial charge is 0.379 e. The molecule has 0 bridgehead atoms. The Labute approximate surface area is 377 Å². The maximum Gasteiger partial charge on any atom is 0.315 e. The molecule has 2 rings (SSSR count). The van der Waals surface area contributed by atoms with Crippen LogP contribution in [0.3, 0.4) is 0 Å². The van der Waals surface area contributed by atoms with Crippen LogP contribution in [-0.4, -0.2) is 225 Å². The molecular weight excluding hydrogens is 851 g/mol. The summed E-state index contributed by atoms with van der Waals surface area (Å²) in [5.74, 6) is 0.742. The van der Waals surface area contributed by atoms with Gasteiger partial charge in [0, 0.05) is 50.4 Å². The lowest BCUT2D eigenvalue weighted by molar-refractivity contribution is -0.123. The minimum absolute atomic E-state index is 0.0375. The lowest BCUT2D eigenvalue weighted by atomic mass is 10.0. The van der Waals surface area contributed by atoms with Crippen molar-refractivity contribution >= 4 is 35.5 Å². The zero-order valence-corrected chi connectivity index (χ0v) is 38.3. The van der Waals surface area contributed by atoms with Crippen molar-refractivity contribution in [2.45, 2.75) is 56.4 Å². The number of urea groups is 1. The van der Waals surface area contributed by atoms with Crippen molar-refractivity contribution in [3.8, 4) is 0 Å². The Morgan fingerprint density at radius 2 is 0.841 bits per heavy atom. The van der Waals surface area contributed by atoms with Gasteiger partial charge < -0.3 is 83.4 Å². The zero-order valence-electron chi connectivity index (χ0n) is 37.5. The molecule has 63 heavy (non-hydrogen) atoms. The highest BCUT2D eigenvalue weighted by atomic mass is 32.2. The van der Waals surface area contributed by atoms with E-state index in [1.807, 2.05) is 11.8 Å². The van der Waals surface area contributed by atoms with Crippen LogP contribution in [0.1, 0.15) is 39.0 Å². The van der Waals surface area contributed by atoms with Gasteiger partial charge in [0.1, 0.15) is 0 Å². The highest BCUT2D eigenvalue weighted by Crippen LogP contribution is 2.33. The molecule has 0 radical (unpaired) electrons. The third-order valence-electron chi connectivity index (χ3n) is 9.04. The fraction of sp³-hybridized carbons (Fsp3) is 0.902. The summed E-state index contributed by atoms with van der Waals surface area (Å²) in [6.45, 7) is 13.6. The molecule has 0 aromatic rings. The first-order valence-electron chi connectivity index (χ1n) is 22.3. The quantitative estimate of drug-likeness (QED) is 0.0388. The van der Waals surface area contributed by atoms with Crippen LogP contribution in [0.5, 0.6) is 0 Å². The van der Waals surface area contributed by atoms with Crippen LogP contribution in [-0.2, 0) is 71.2 Å². The van der Waals surface area contributed by atoms with Crippen LogP contribution in [0.2, 0.25) is 0 Å². The standard InChI is InChI=1S/C41H77N5O16S/c1-35(47)42-7-8-43-39(49)6-10-51-12-14-53-16-18-55-20-22-57-24-26-59-28-30-61-32-33-62-31-29-60-27-25-58-23-21-56-19-17-54-15-13-52-11-9-44-38(48)5-3-2-4-37-40-36(34-63-37)45-41(50)46-40/h36-37,40H,2-34H2,1H3,(H,42,47)(H,43,49)(H,44,48)(H2,45,46,50)/t36-,37-,40-/m0/s1. The molecule has 0 spiro atoms. The molecular formula is C41H77N5O16S. The third kappa shape index (κ3) is 35.5. The Hall–Kier alpha value is -2.45. The Kier molecular flexibility index (Phi) is 38.0. The van der Waals surface area contributed by atoms with Gasteiger partial charge in [-0.15, -0.1) is 0 Å². The van der Waals surface area contributed by atoms with E-state index in [4.69, 9.17) is 56.8 Å². The second-order valence-corrected chi connectivity index (χ2v) is 15.4. The number of carbonyl (C=O) groups excluding carboxylic acids is 4. The second kappa shape index (κ2) is 42.2. The van der Waals surface area contributed by atoms with Crippen molar-refractivity contribution in [3.05, 3.63) is 0 Å². The Morgan fingerprint density at radius 1 is 0.476 bits per heavy atom. The van der Waals surface area contributed by atoms with Gasteiger partial charge in [0.05, 0.1) is 171 Å². The first kappa shape index (κ1) is 56.7. The minimum Gasteiger partial charge on any atom is -0.379 e. The maximum absolute atomic E-state index is 12.1. The molecule has 0 aromatic carbocycles. The van der Waals surface area contributed by atoms with Crippen LogP contribution in [0, 0.1) is 0 Å². The van der Waals surface area contributed by atoms with Crippen LogP contribution in [0.15, 0.2) is 0 Å². The summed E-state index contributed by atoms with van der Waals surface area (Å²) in [7, 11) is 0. The lowest BCUT2D eigenvalue weighted by Crippen LogP contribution is -2.36. The average Bonchev–Trinajstić information content (AvgIpc) is 3.83. The topological polar surface area (TPSA) is 239 Å². The van der Waals surface area contributed by atoms with Gasteiger partial charge in [-0.2, -0.15) is 11.8 Å². The van der Waals surface area contributed by atoms with Gasteiger partial charge in [-0.1, -0.05) is 6.42 Å². The van der Waals surface area contributed by atoms with E-state index in [1.165, 1.54) is 6.92 Å². The minimum atomic E-state index is -0.127. The fourth-order valence-corrected chi connectivity index (χ4v) is 7.38. The van der Waals surface area contributed by atoms with E-state index in [1.54, 1.807) is 0 Å². The number of amides is 5. The first-order chi connectivity index (χ1) is 31.0. The highest BCUT2D eigenvalue weighted by Gasteiger charge is 2.42. The van der Waals surface area contributed by atoms with Gasteiger partial charge >= 0.3 is 6.03 Å². The molecule has 21 nitrogen and oxygen atoms in total. The van der Waals surface area contributed by atoms with Crippen molar-refractivity contribution in [1.29, 1.82) is 0 Å². The van der Waals surface area contributed by atoms with E-state index in [9.17, 15) is 19.2 Å². The van der Waals surface area contributed by atoms with E-state index in [2.05, 4.69) is 26.6 Å². The molecule has 0 unspecified atom stereocenters. The maximum atomic E-state index is 12.1. The summed E-state index contributed by atoms with van der Waals surface area (Å²) in [6.07, 6.45) is 3.57. The molecule has 2 saturated heterocycles. The number of rotatable bonds is 47. The van der Waals surface area contributed by atoms with E-state index < -0.39 is 0 Å². The summed E-state index contributed by atoms with van der Waals surface area (Å²) in [6, 6.07) is 0.391. The van der Waals surface area contributed by atoms with Crippen LogP contribution in [0.4, 0.5) is 4.79 Å². The van der Waals surface area contributed by atoms with Gasteiger partial charge in [0.15, 0.2) is 0 Å². The van der Waals surface area contributed by atoms with Crippen LogP contribution >= 0.6 is 11.8 Å². The fourth-order valence-electron chi connectivity index (χ4n) is 5.84. The Balaban J connectivity index is 1.13. The van der Waals surface area contributed by atoms with Crippen molar-refractivity contribution < 1.29 is 76.0 Å². The number of hydrogen-bond donors (Lipinski definition) is 5. The predicted octanol–water partition coefficient (Wildman–Crippen LogP) is -0.330. The SMILES string of the molecule is CC(=O)NCCNC(=O)CCOCCOCCOCCOCCOCCOCCOCCOCCOCCOCCOCCOCCNC(=O)CCCC[C@@H]1SC[C@@H]2NC(=O)N[C@@H]21. The van der Waals surface area contributed by atoms with E-state index in [0.29, 0.717) is 190 Å². The molecule has 0 aromatic heterocycles. The van der Waals surface area contributed by atoms with Crippen LogP contribution < -0.4 is 26.6 Å². The molecule has 2 aliphatic rings. The van der Waals surface area contributed by atoms with Crippen molar-refractivity contribution in [2.75, 3.05) is 184 Å². The number of unbranched alkanes of at least 4 members (excludes halogenated alkanes) is 1. The van der Waals surface area contributed by atoms with Crippen molar-refractivity contribution in [1.82, 2.24) is 26.6 Å². The van der Waals surface area contributed by atoms with Gasteiger partial charge in [-0.3, -0.25) is 14.4 Å². The van der Waals surface area contributed by atoms with Gasteiger partial charge in [-0.25, -0.2) is 4.79 Å². The first-order valence-corrected chi connectivity index (χ1v) is 23.4. The second-order valence-electron chi connectivity index (χ2n) is 14.1. The van der Waals surface area contributed by atoms with E-state index in [0.717, 1.165) is 25.0 Å². The molecule has 5 N–H and O–H groups in total. The third-order valence-corrected chi connectivity index (χ3v) is 10.5. The van der Waals surface area contributed by atoms with Crippen molar-refractivity contribution in [3.63, 3.8) is 0 Å². The number of thioether (sulfide) groups is 1. The van der Waals surface area contributed by atoms with Gasteiger partial charge in [0.25, 0.3) is 0 Å². The number of nitrogens with one attached hydrogen (secondary N) is 5. The Morgan fingerprint density at radius 3 is 1.27 bits per heavy atom. The molecule has 3 atom stereocenters. The molecule has 2 aliphatic heterocycles. The molecule has 2 fully saturated rings. The lowest BCUT2D eigenvalue weighted by Gasteiger charge is -2.16. The summed E-state index contributed by atoms with van der Waals surface area (Å²) in [5, 5.41) is 14.6. The number of carbonyl (C=O) groups is 4.